The van der Waals surface area contributed by atoms with Crippen molar-refractivity contribution in [1.82, 2.24) is 10.2 Å². The van der Waals surface area contributed by atoms with Crippen molar-refractivity contribution >= 4 is 11.8 Å². The van der Waals surface area contributed by atoms with Crippen LogP contribution in [0, 0.1) is 5.92 Å². The monoisotopic (exact) mass is 344 g/mol. The smallest absolute Gasteiger partial charge is 0.243 e. The van der Waals surface area contributed by atoms with Crippen molar-refractivity contribution in [1.29, 1.82) is 0 Å². The number of aliphatic hydroxyl groups excluding tert-OH is 1. The first kappa shape index (κ1) is 17.9. The summed E-state index contributed by atoms with van der Waals surface area (Å²) in [5.41, 5.74) is 2.25. The SMILES string of the molecule is CC(=O)N1Cc2ccccc2CC1C(=O)NC1CCCCCC1CO. The molecule has 2 N–H and O–H groups in total. The second-order valence-electron chi connectivity index (χ2n) is 7.33. The maximum atomic E-state index is 13.0. The van der Waals surface area contributed by atoms with Gasteiger partial charge in [0.25, 0.3) is 0 Å². The van der Waals surface area contributed by atoms with Crippen LogP contribution in [0.4, 0.5) is 0 Å². The molecule has 0 spiro atoms. The van der Waals surface area contributed by atoms with Crippen LogP contribution in [0.5, 0.6) is 0 Å². The van der Waals surface area contributed by atoms with Crippen LogP contribution in [0.15, 0.2) is 24.3 Å². The lowest BCUT2D eigenvalue weighted by Crippen LogP contribution is -2.55. The third-order valence-corrected chi connectivity index (χ3v) is 5.68. The highest BCUT2D eigenvalue weighted by atomic mass is 16.3. The van der Waals surface area contributed by atoms with Gasteiger partial charge in [-0.25, -0.2) is 0 Å². The van der Waals surface area contributed by atoms with E-state index in [1.807, 2.05) is 24.3 Å². The largest absolute Gasteiger partial charge is 0.396 e. The minimum atomic E-state index is -0.463. The molecule has 0 radical (unpaired) electrons. The zero-order valence-electron chi connectivity index (χ0n) is 14.9. The number of carbonyl (C=O) groups excluding carboxylic acids is 2. The van der Waals surface area contributed by atoms with Crippen LogP contribution in [0.3, 0.4) is 0 Å². The van der Waals surface area contributed by atoms with Gasteiger partial charge in [0.05, 0.1) is 0 Å². The molecule has 1 saturated carbocycles. The molecule has 1 aromatic rings. The van der Waals surface area contributed by atoms with Crippen LogP contribution >= 0.6 is 0 Å². The second kappa shape index (κ2) is 8.00. The summed E-state index contributed by atoms with van der Waals surface area (Å²) < 4.78 is 0. The van der Waals surface area contributed by atoms with Gasteiger partial charge in [0, 0.05) is 38.5 Å². The molecule has 1 heterocycles. The molecule has 25 heavy (non-hydrogen) atoms. The second-order valence-corrected chi connectivity index (χ2v) is 7.33. The van der Waals surface area contributed by atoms with Gasteiger partial charge in [-0.1, -0.05) is 43.5 Å². The molecule has 1 fully saturated rings. The van der Waals surface area contributed by atoms with Crippen molar-refractivity contribution < 1.29 is 14.7 Å². The number of nitrogens with zero attached hydrogens (tertiary/aromatic N) is 1. The Balaban J connectivity index is 1.76. The minimum absolute atomic E-state index is 0.00554. The Hall–Kier alpha value is -1.88. The predicted molar refractivity (Wildman–Crippen MR) is 95.7 cm³/mol. The molecule has 0 saturated heterocycles. The normalized spacial score (nSPS) is 26.5. The lowest BCUT2D eigenvalue weighted by atomic mass is 9.91. The molecule has 2 amide bonds. The fourth-order valence-electron chi connectivity index (χ4n) is 4.16. The van der Waals surface area contributed by atoms with Gasteiger partial charge in [-0.15, -0.1) is 0 Å². The molecule has 5 nitrogen and oxygen atoms in total. The molecule has 1 aliphatic carbocycles. The average molecular weight is 344 g/mol. The molecule has 3 unspecified atom stereocenters. The summed E-state index contributed by atoms with van der Waals surface area (Å²) in [5.74, 6) is -0.0441. The number of benzene rings is 1. The van der Waals surface area contributed by atoms with E-state index in [1.165, 1.54) is 6.92 Å². The van der Waals surface area contributed by atoms with E-state index in [2.05, 4.69) is 5.32 Å². The number of rotatable bonds is 3. The zero-order valence-corrected chi connectivity index (χ0v) is 14.9. The van der Waals surface area contributed by atoms with E-state index in [9.17, 15) is 14.7 Å². The van der Waals surface area contributed by atoms with Gasteiger partial charge in [-0.2, -0.15) is 0 Å². The molecule has 0 aromatic heterocycles. The summed E-state index contributed by atoms with van der Waals surface area (Å²) in [4.78, 5) is 26.7. The Morgan fingerprint density at radius 1 is 1.16 bits per heavy atom. The highest BCUT2D eigenvalue weighted by molar-refractivity contribution is 5.88. The van der Waals surface area contributed by atoms with Gasteiger partial charge in [0.2, 0.25) is 11.8 Å². The van der Waals surface area contributed by atoms with Crippen LogP contribution in [-0.2, 0) is 22.6 Å². The first-order valence-electron chi connectivity index (χ1n) is 9.35. The Kier molecular flexibility index (Phi) is 5.74. The van der Waals surface area contributed by atoms with E-state index >= 15 is 0 Å². The first-order valence-corrected chi connectivity index (χ1v) is 9.35. The van der Waals surface area contributed by atoms with E-state index in [1.54, 1.807) is 4.90 Å². The quantitative estimate of drug-likeness (QED) is 0.824. The molecular formula is C20H28N2O3. The third kappa shape index (κ3) is 4.03. The molecule has 136 valence electrons. The Morgan fingerprint density at radius 2 is 1.88 bits per heavy atom. The predicted octanol–water partition coefficient (Wildman–Crippen LogP) is 2.02. The molecule has 0 bridgehead atoms. The van der Waals surface area contributed by atoms with E-state index in [0.717, 1.165) is 43.2 Å². The van der Waals surface area contributed by atoms with Crippen molar-refractivity contribution in [2.24, 2.45) is 5.92 Å². The van der Waals surface area contributed by atoms with Crippen LogP contribution in [0.25, 0.3) is 0 Å². The molecular weight excluding hydrogens is 316 g/mol. The number of hydrogen-bond acceptors (Lipinski definition) is 3. The highest BCUT2D eigenvalue weighted by Crippen LogP contribution is 2.26. The molecule has 2 aliphatic rings. The van der Waals surface area contributed by atoms with Gasteiger partial charge < -0.3 is 15.3 Å². The summed E-state index contributed by atoms with van der Waals surface area (Å²) in [6.07, 6.45) is 5.74. The highest BCUT2D eigenvalue weighted by Gasteiger charge is 2.35. The summed E-state index contributed by atoms with van der Waals surface area (Å²) in [6.45, 7) is 2.11. The standard InChI is InChI=1S/C20H28N2O3/c1-14(24)22-12-16-8-6-5-7-15(16)11-19(22)20(25)21-18-10-4-2-3-9-17(18)13-23/h5-8,17-19,23H,2-4,9-13H2,1H3,(H,21,25). The fourth-order valence-corrected chi connectivity index (χ4v) is 4.16. The van der Waals surface area contributed by atoms with Crippen molar-refractivity contribution in [3.8, 4) is 0 Å². The van der Waals surface area contributed by atoms with Crippen molar-refractivity contribution in [3.05, 3.63) is 35.4 Å². The maximum absolute atomic E-state index is 13.0. The van der Waals surface area contributed by atoms with Crippen molar-refractivity contribution in [3.63, 3.8) is 0 Å². The molecule has 1 aromatic carbocycles. The van der Waals surface area contributed by atoms with Crippen molar-refractivity contribution in [2.75, 3.05) is 6.61 Å². The number of nitrogens with one attached hydrogen (secondary N) is 1. The van der Waals surface area contributed by atoms with Crippen LogP contribution in [0.1, 0.15) is 50.2 Å². The van der Waals surface area contributed by atoms with E-state index < -0.39 is 6.04 Å². The van der Waals surface area contributed by atoms with E-state index in [0.29, 0.717) is 13.0 Å². The van der Waals surface area contributed by atoms with Gasteiger partial charge in [-0.3, -0.25) is 9.59 Å². The van der Waals surface area contributed by atoms with Gasteiger partial charge in [0.15, 0.2) is 0 Å². The first-order chi connectivity index (χ1) is 12.1. The van der Waals surface area contributed by atoms with Gasteiger partial charge in [-0.05, 0) is 24.0 Å². The number of aliphatic hydroxyl groups is 1. The fraction of sp³-hybridized carbons (Fsp3) is 0.600. The van der Waals surface area contributed by atoms with E-state index in [4.69, 9.17) is 0 Å². The zero-order chi connectivity index (χ0) is 17.8. The number of hydrogen-bond donors (Lipinski definition) is 2. The summed E-state index contributed by atoms with van der Waals surface area (Å²) >= 11 is 0. The molecule has 1 aliphatic heterocycles. The summed E-state index contributed by atoms with van der Waals surface area (Å²) in [5, 5.41) is 12.8. The molecule has 3 atom stereocenters. The Bertz CT molecular complexity index is 631. The maximum Gasteiger partial charge on any atom is 0.243 e. The van der Waals surface area contributed by atoms with E-state index in [-0.39, 0.29) is 30.4 Å². The topological polar surface area (TPSA) is 69.6 Å². The Morgan fingerprint density at radius 3 is 2.60 bits per heavy atom. The third-order valence-electron chi connectivity index (χ3n) is 5.68. The van der Waals surface area contributed by atoms with Gasteiger partial charge in [0.1, 0.15) is 6.04 Å². The lowest BCUT2D eigenvalue weighted by Gasteiger charge is -2.37. The number of carbonyl (C=O) groups is 2. The van der Waals surface area contributed by atoms with Crippen LogP contribution in [-0.4, -0.2) is 40.5 Å². The van der Waals surface area contributed by atoms with Crippen LogP contribution in [0.2, 0.25) is 0 Å². The van der Waals surface area contributed by atoms with Crippen LogP contribution < -0.4 is 5.32 Å². The number of fused-ring (bicyclic) bond motifs is 1. The summed E-state index contributed by atoms with van der Waals surface area (Å²) in [7, 11) is 0. The van der Waals surface area contributed by atoms with Gasteiger partial charge >= 0.3 is 0 Å². The lowest BCUT2D eigenvalue weighted by molar-refractivity contribution is -0.140. The Labute approximate surface area is 149 Å². The number of amides is 2. The summed E-state index contributed by atoms with van der Waals surface area (Å²) in [6, 6.07) is 7.54. The van der Waals surface area contributed by atoms with Crippen molar-refractivity contribution in [2.45, 2.75) is 64.1 Å². The minimum Gasteiger partial charge on any atom is -0.396 e. The molecule has 5 heteroatoms. The molecule has 3 rings (SSSR count). The average Bonchev–Trinajstić information content (AvgIpc) is 2.85.